The Hall–Kier alpha value is -1.06. The molecule has 0 saturated heterocycles. The van der Waals surface area contributed by atoms with Gasteiger partial charge in [0.1, 0.15) is 0 Å². The lowest BCUT2D eigenvalue weighted by molar-refractivity contribution is -0.121. The van der Waals surface area contributed by atoms with Gasteiger partial charge in [-0.3, -0.25) is 9.59 Å². The average molecular weight is 270 g/mol. The molecular formula is C15H30N2O2. The number of nitrogens with one attached hydrogen (secondary N) is 2. The van der Waals surface area contributed by atoms with E-state index < -0.39 is 0 Å². The summed E-state index contributed by atoms with van der Waals surface area (Å²) in [6, 6.07) is 0. The fraction of sp³-hybridized carbons (Fsp3) is 0.867. The van der Waals surface area contributed by atoms with Gasteiger partial charge in [-0.05, 0) is 32.1 Å². The molecule has 0 rings (SSSR count). The van der Waals surface area contributed by atoms with Gasteiger partial charge in [-0.15, -0.1) is 0 Å². The monoisotopic (exact) mass is 270 g/mol. The molecule has 112 valence electrons. The first-order valence-electron chi connectivity index (χ1n) is 7.74. The number of carbonyl (C=O) groups is 2. The van der Waals surface area contributed by atoms with Gasteiger partial charge in [0, 0.05) is 25.9 Å². The molecule has 0 aromatic heterocycles. The highest BCUT2D eigenvalue weighted by atomic mass is 16.2. The third-order valence-electron chi connectivity index (χ3n) is 3.01. The van der Waals surface area contributed by atoms with Crippen molar-refractivity contribution in [3.63, 3.8) is 0 Å². The van der Waals surface area contributed by atoms with Crippen LogP contribution in [0.4, 0.5) is 0 Å². The van der Waals surface area contributed by atoms with Gasteiger partial charge in [0.2, 0.25) is 11.8 Å². The van der Waals surface area contributed by atoms with E-state index in [2.05, 4.69) is 24.5 Å². The lowest BCUT2D eigenvalue weighted by atomic mass is 10.2. The summed E-state index contributed by atoms with van der Waals surface area (Å²) < 4.78 is 0. The van der Waals surface area contributed by atoms with Crippen LogP contribution in [0.1, 0.15) is 71.6 Å². The van der Waals surface area contributed by atoms with Crippen molar-refractivity contribution in [2.45, 2.75) is 71.6 Å². The second-order valence-corrected chi connectivity index (χ2v) is 4.97. The number of hydrogen-bond donors (Lipinski definition) is 2. The van der Waals surface area contributed by atoms with Crippen LogP contribution in [0.2, 0.25) is 0 Å². The summed E-state index contributed by atoms with van der Waals surface area (Å²) in [6.45, 7) is 5.68. The zero-order valence-electron chi connectivity index (χ0n) is 12.6. The minimum absolute atomic E-state index is 0.162. The molecule has 0 atom stereocenters. The summed E-state index contributed by atoms with van der Waals surface area (Å²) in [5.74, 6) is 0.324. The standard InChI is InChI=1S/C15H30N2O2/c1-3-5-10-14(18)16-12-8-7-9-13-17-15(19)11-6-4-2/h3-13H2,1-2H3,(H,16,18)(H,17,19). The molecule has 0 spiro atoms. The second-order valence-electron chi connectivity index (χ2n) is 4.97. The van der Waals surface area contributed by atoms with Crippen LogP contribution in [0.25, 0.3) is 0 Å². The lowest BCUT2D eigenvalue weighted by Crippen LogP contribution is -2.25. The molecule has 0 aromatic carbocycles. The van der Waals surface area contributed by atoms with Crippen molar-refractivity contribution in [1.82, 2.24) is 10.6 Å². The second kappa shape index (κ2) is 13.4. The van der Waals surface area contributed by atoms with E-state index in [1.807, 2.05) is 0 Å². The molecule has 0 bridgehead atoms. The molecule has 0 unspecified atom stereocenters. The van der Waals surface area contributed by atoms with E-state index in [9.17, 15) is 9.59 Å². The maximum atomic E-state index is 11.3. The van der Waals surface area contributed by atoms with E-state index >= 15 is 0 Å². The number of unbranched alkanes of at least 4 members (excludes halogenated alkanes) is 4. The quantitative estimate of drug-likeness (QED) is 0.536. The number of amides is 2. The average Bonchev–Trinajstić information content (AvgIpc) is 2.41. The molecule has 0 fully saturated rings. The van der Waals surface area contributed by atoms with Crippen molar-refractivity contribution < 1.29 is 9.59 Å². The number of carbonyl (C=O) groups excluding carboxylic acids is 2. The van der Waals surface area contributed by atoms with Gasteiger partial charge >= 0.3 is 0 Å². The van der Waals surface area contributed by atoms with Crippen molar-refractivity contribution in [3.05, 3.63) is 0 Å². The van der Waals surface area contributed by atoms with E-state index in [-0.39, 0.29) is 11.8 Å². The summed E-state index contributed by atoms with van der Waals surface area (Å²) in [5, 5.41) is 5.84. The SMILES string of the molecule is CCCCC(=O)NCCCCCNC(=O)CCCC. The summed E-state index contributed by atoms with van der Waals surface area (Å²) in [4.78, 5) is 22.6. The lowest BCUT2D eigenvalue weighted by Gasteiger charge is -2.06. The Morgan fingerprint density at radius 1 is 0.684 bits per heavy atom. The summed E-state index contributed by atoms with van der Waals surface area (Å²) >= 11 is 0. The maximum Gasteiger partial charge on any atom is 0.219 e. The van der Waals surface area contributed by atoms with Crippen LogP contribution in [0.3, 0.4) is 0 Å². The van der Waals surface area contributed by atoms with Gasteiger partial charge in [-0.1, -0.05) is 26.7 Å². The molecule has 0 saturated carbocycles. The Morgan fingerprint density at radius 2 is 1.11 bits per heavy atom. The molecular weight excluding hydrogens is 240 g/mol. The van der Waals surface area contributed by atoms with Gasteiger partial charge in [-0.25, -0.2) is 0 Å². The first-order chi connectivity index (χ1) is 9.20. The predicted octanol–water partition coefficient (Wildman–Crippen LogP) is 2.77. The van der Waals surface area contributed by atoms with E-state index in [0.29, 0.717) is 12.8 Å². The molecule has 4 heteroatoms. The minimum Gasteiger partial charge on any atom is -0.356 e. The van der Waals surface area contributed by atoms with Crippen LogP contribution in [0, 0.1) is 0 Å². The molecule has 0 aliphatic heterocycles. The summed E-state index contributed by atoms with van der Waals surface area (Å²) in [7, 11) is 0. The third kappa shape index (κ3) is 13.2. The van der Waals surface area contributed by atoms with Gasteiger partial charge in [0.15, 0.2) is 0 Å². The topological polar surface area (TPSA) is 58.2 Å². The van der Waals surface area contributed by atoms with Gasteiger partial charge in [0.25, 0.3) is 0 Å². The summed E-state index contributed by atoms with van der Waals surface area (Å²) in [5.41, 5.74) is 0. The van der Waals surface area contributed by atoms with Crippen LogP contribution >= 0.6 is 0 Å². The molecule has 4 nitrogen and oxygen atoms in total. The molecule has 19 heavy (non-hydrogen) atoms. The molecule has 2 amide bonds. The molecule has 0 aliphatic carbocycles. The minimum atomic E-state index is 0.162. The zero-order chi connectivity index (χ0) is 14.3. The van der Waals surface area contributed by atoms with Crippen molar-refractivity contribution in [1.29, 1.82) is 0 Å². The number of hydrogen-bond acceptors (Lipinski definition) is 2. The molecule has 0 radical (unpaired) electrons. The predicted molar refractivity (Wildman–Crippen MR) is 78.9 cm³/mol. The normalized spacial score (nSPS) is 10.2. The molecule has 0 heterocycles. The first-order valence-corrected chi connectivity index (χ1v) is 7.74. The van der Waals surface area contributed by atoms with Crippen LogP contribution in [-0.4, -0.2) is 24.9 Å². The van der Waals surface area contributed by atoms with Crippen molar-refractivity contribution >= 4 is 11.8 Å². The van der Waals surface area contributed by atoms with Crippen LogP contribution in [0.5, 0.6) is 0 Å². The van der Waals surface area contributed by atoms with E-state index in [4.69, 9.17) is 0 Å². The van der Waals surface area contributed by atoms with Crippen LogP contribution in [0.15, 0.2) is 0 Å². The smallest absolute Gasteiger partial charge is 0.219 e. The highest BCUT2D eigenvalue weighted by molar-refractivity contribution is 5.76. The fourth-order valence-electron chi connectivity index (χ4n) is 1.73. The van der Waals surface area contributed by atoms with Gasteiger partial charge in [-0.2, -0.15) is 0 Å². The highest BCUT2D eigenvalue weighted by Gasteiger charge is 2.00. The van der Waals surface area contributed by atoms with Crippen LogP contribution < -0.4 is 10.6 Å². The molecule has 0 aromatic rings. The molecule has 2 N–H and O–H groups in total. The van der Waals surface area contributed by atoms with Gasteiger partial charge < -0.3 is 10.6 Å². The van der Waals surface area contributed by atoms with Crippen LogP contribution in [-0.2, 0) is 9.59 Å². The Kier molecular flexibility index (Phi) is 12.6. The fourth-order valence-corrected chi connectivity index (χ4v) is 1.73. The van der Waals surface area contributed by atoms with E-state index in [1.165, 1.54) is 0 Å². The van der Waals surface area contributed by atoms with Crippen molar-refractivity contribution in [2.24, 2.45) is 0 Å². The van der Waals surface area contributed by atoms with Crippen molar-refractivity contribution in [2.75, 3.05) is 13.1 Å². The third-order valence-corrected chi connectivity index (χ3v) is 3.01. The Bertz CT molecular complexity index is 218. The highest BCUT2D eigenvalue weighted by Crippen LogP contribution is 1.97. The Labute approximate surface area is 117 Å². The summed E-state index contributed by atoms with van der Waals surface area (Å²) in [6.07, 6.45) is 8.36. The maximum absolute atomic E-state index is 11.3. The largest absolute Gasteiger partial charge is 0.356 e. The molecule has 0 aliphatic rings. The number of rotatable bonds is 12. The Balaban J connectivity index is 3.22. The van der Waals surface area contributed by atoms with E-state index in [1.54, 1.807) is 0 Å². The van der Waals surface area contributed by atoms with Gasteiger partial charge in [0.05, 0.1) is 0 Å². The van der Waals surface area contributed by atoms with Crippen molar-refractivity contribution in [3.8, 4) is 0 Å². The first kappa shape index (κ1) is 17.9. The Morgan fingerprint density at radius 3 is 1.47 bits per heavy atom. The van der Waals surface area contributed by atoms with E-state index in [0.717, 1.165) is 58.0 Å². The zero-order valence-corrected chi connectivity index (χ0v) is 12.6.